The van der Waals surface area contributed by atoms with E-state index in [4.69, 9.17) is 0 Å². The molecule has 0 aliphatic carbocycles. The first-order valence-corrected chi connectivity index (χ1v) is 35.9. The van der Waals surface area contributed by atoms with Crippen LogP contribution in [0.5, 0.6) is 0 Å². The van der Waals surface area contributed by atoms with Gasteiger partial charge in [-0.15, -0.1) is 0 Å². The molecule has 0 radical (unpaired) electrons. The van der Waals surface area contributed by atoms with E-state index in [9.17, 15) is 5.53 Å². The van der Waals surface area contributed by atoms with Crippen molar-refractivity contribution in [3.63, 3.8) is 0 Å². The number of hydrogen-bond acceptors (Lipinski definition) is 0. The second-order valence-electron chi connectivity index (χ2n) is 25.3. The first kappa shape index (κ1) is 70.5. The molecule has 2 heteroatoms. The number of benzene rings is 2. The molecule has 450 valence electrons. The van der Waals surface area contributed by atoms with Crippen molar-refractivity contribution in [1.29, 1.82) is 0 Å². The van der Waals surface area contributed by atoms with Gasteiger partial charge in [-0.2, -0.15) is 0 Å². The summed E-state index contributed by atoms with van der Waals surface area (Å²) in [5, 5.41) is 0. The Kier molecular flexibility index (Phi) is 42.6. The third-order valence-electron chi connectivity index (χ3n) is 18.0. The lowest BCUT2D eigenvalue weighted by Crippen LogP contribution is -2.09. The predicted octanol–water partition coefficient (Wildman–Crippen LogP) is 26.4. The highest BCUT2D eigenvalue weighted by Crippen LogP contribution is 2.45. The van der Waals surface area contributed by atoms with Gasteiger partial charge in [-0.3, -0.25) is 0 Å². The van der Waals surface area contributed by atoms with Crippen molar-refractivity contribution < 1.29 is 4.70 Å². The Bertz CT molecular complexity index is 1880. The number of hydrogen-bond donors (Lipinski definition) is 0. The standard InChI is InChI=1S/C77H132N2/c1-9-17-25-26-27-28-29-30-31-32-33-34-35-36-37-38-39-40-41-42-43-44-45-46-53-61-75-74(58-24-16-8)76(70-62-66(54-47-18-10-2)72(59-51-22-14-6)67(63-70)55-48-19-11-3)79(78)77(75)71-64-68(56-49-20-12-4)73(60-52-23-15-7)69(65-71)57-50-21-13-5/h53,61-65H,9-52,54-60H2,1-8H3. The lowest BCUT2D eigenvalue weighted by molar-refractivity contribution is -0.345. The van der Waals surface area contributed by atoms with E-state index in [0.29, 0.717) is 0 Å². The maximum atomic E-state index is 13.3. The molecule has 1 aliphatic rings. The smallest absolute Gasteiger partial charge is 0.215 e. The van der Waals surface area contributed by atoms with Gasteiger partial charge in [-0.05, 0) is 160 Å². The molecule has 0 saturated carbocycles. The van der Waals surface area contributed by atoms with E-state index in [2.05, 4.69) is 91.8 Å². The number of aryl methyl sites for hydroxylation is 4. The molecule has 1 heterocycles. The molecule has 0 aromatic heterocycles. The summed E-state index contributed by atoms with van der Waals surface area (Å²) >= 11 is 0. The predicted molar refractivity (Wildman–Crippen MR) is 355 cm³/mol. The molecule has 0 saturated heterocycles. The molecule has 0 fully saturated rings. The summed E-state index contributed by atoms with van der Waals surface area (Å²) in [5.41, 5.74) is 30.0. The van der Waals surface area contributed by atoms with Gasteiger partial charge in [0.05, 0.1) is 5.57 Å². The molecule has 2 aromatic carbocycles. The minimum atomic E-state index is 0.988. The topological polar surface area (TPSA) is 25.3 Å². The van der Waals surface area contributed by atoms with E-state index in [0.717, 1.165) is 62.8 Å². The molecule has 2 aromatic rings. The van der Waals surface area contributed by atoms with Gasteiger partial charge in [-0.25, -0.2) is 4.70 Å². The van der Waals surface area contributed by atoms with Gasteiger partial charge in [0.25, 0.3) is 0 Å². The van der Waals surface area contributed by atoms with Crippen LogP contribution in [-0.4, -0.2) is 4.70 Å². The Morgan fingerprint density at radius 3 is 0.873 bits per heavy atom. The van der Waals surface area contributed by atoms with Crippen LogP contribution in [0.25, 0.3) is 16.9 Å². The van der Waals surface area contributed by atoms with Gasteiger partial charge < -0.3 is 5.53 Å². The Balaban J connectivity index is 1.87. The fraction of sp³-hybridized carbons (Fsp3) is 0.766. The third-order valence-corrected chi connectivity index (χ3v) is 18.0. The van der Waals surface area contributed by atoms with Gasteiger partial charge >= 0.3 is 0 Å². The second kappa shape index (κ2) is 47.7. The molecule has 1 aliphatic heterocycles. The molecule has 0 atom stereocenters. The summed E-state index contributed by atoms with van der Waals surface area (Å²) in [6.45, 7) is 18.7. The van der Waals surface area contributed by atoms with Crippen molar-refractivity contribution in [2.75, 3.05) is 0 Å². The number of allylic oxidation sites excluding steroid dienone is 4. The van der Waals surface area contributed by atoms with Crippen LogP contribution in [0.1, 0.15) is 389 Å². The van der Waals surface area contributed by atoms with E-state index >= 15 is 0 Å². The van der Waals surface area contributed by atoms with Crippen molar-refractivity contribution in [1.82, 2.24) is 0 Å². The maximum Gasteiger partial charge on any atom is 0.215 e. The average Bonchev–Trinajstić information content (AvgIpc) is 3.87. The third kappa shape index (κ3) is 28.9. The highest BCUT2D eigenvalue weighted by molar-refractivity contribution is 5.85. The van der Waals surface area contributed by atoms with Crippen molar-refractivity contribution in [3.8, 4) is 0 Å². The molecule has 0 N–H and O–H groups in total. The zero-order chi connectivity index (χ0) is 56.8. The van der Waals surface area contributed by atoms with Crippen molar-refractivity contribution in [2.24, 2.45) is 0 Å². The Morgan fingerprint density at radius 1 is 0.291 bits per heavy atom. The fourth-order valence-electron chi connectivity index (χ4n) is 13.0. The summed E-state index contributed by atoms with van der Waals surface area (Å²) in [5.74, 6) is 0. The SMILES string of the molecule is CCCCCCCCCCCCCCCCCCCCCCCCCC=CC1=C(c2cc(CCCCC)c(CCCCC)c(CCCCC)c2)[N+](=[N-])C(c2cc(CCCCC)c(CCCCC)c(CCCCC)c2)=C1CCCC. The van der Waals surface area contributed by atoms with Crippen LogP contribution in [0, 0.1) is 0 Å². The second-order valence-corrected chi connectivity index (χ2v) is 25.3. The fourth-order valence-corrected chi connectivity index (χ4v) is 13.0. The lowest BCUT2D eigenvalue weighted by atomic mass is 9.86. The molecule has 79 heavy (non-hydrogen) atoms. The molecule has 0 bridgehead atoms. The summed E-state index contributed by atoms with van der Waals surface area (Å²) in [6, 6.07) is 10.3. The first-order valence-electron chi connectivity index (χ1n) is 35.9. The molecular weight excluding hydrogens is 953 g/mol. The van der Waals surface area contributed by atoms with Crippen LogP contribution in [0.15, 0.2) is 47.6 Å². The van der Waals surface area contributed by atoms with Gasteiger partial charge in [0, 0.05) is 16.7 Å². The van der Waals surface area contributed by atoms with Crippen molar-refractivity contribution >= 4 is 11.4 Å². The minimum absolute atomic E-state index is 0.988. The van der Waals surface area contributed by atoms with Crippen molar-refractivity contribution in [2.45, 2.75) is 383 Å². The van der Waals surface area contributed by atoms with Crippen LogP contribution in [-0.2, 0) is 38.5 Å². The van der Waals surface area contributed by atoms with Crippen LogP contribution >= 0.6 is 0 Å². The summed E-state index contributed by atoms with van der Waals surface area (Å²) < 4.78 is 1.74. The monoisotopic (exact) mass is 1090 g/mol. The Hall–Kier alpha value is -2.74. The molecule has 3 rings (SSSR count). The van der Waals surface area contributed by atoms with E-state index in [-0.39, 0.29) is 0 Å². The van der Waals surface area contributed by atoms with E-state index in [1.54, 1.807) is 38.1 Å². The van der Waals surface area contributed by atoms with E-state index in [1.807, 2.05) is 0 Å². The molecule has 0 spiro atoms. The zero-order valence-electron chi connectivity index (χ0n) is 54.4. The molecule has 0 unspecified atom stereocenters. The van der Waals surface area contributed by atoms with Gasteiger partial charge in [-0.1, -0.05) is 292 Å². The zero-order valence-corrected chi connectivity index (χ0v) is 54.4. The minimum Gasteiger partial charge on any atom is -0.493 e. The lowest BCUT2D eigenvalue weighted by Gasteiger charge is -2.20. The highest BCUT2D eigenvalue weighted by atomic mass is 15.2. The average molecular weight is 1090 g/mol. The van der Waals surface area contributed by atoms with Crippen LogP contribution in [0.3, 0.4) is 0 Å². The number of rotatable bonds is 54. The quantitative estimate of drug-likeness (QED) is 0.0466. The van der Waals surface area contributed by atoms with E-state index < -0.39 is 0 Å². The van der Waals surface area contributed by atoms with Crippen LogP contribution < -0.4 is 0 Å². The maximum absolute atomic E-state index is 13.3. The number of unbranched alkanes of at least 4 members (excludes halogenated alkanes) is 36. The molecular formula is C77H132N2. The van der Waals surface area contributed by atoms with Gasteiger partial charge in [0.15, 0.2) is 0 Å². The van der Waals surface area contributed by atoms with Gasteiger partial charge in [0.1, 0.15) is 0 Å². The Morgan fingerprint density at radius 2 is 0.557 bits per heavy atom. The molecule has 0 amide bonds. The number of nitrogens with zero attached hydrogens (tertiary/aromatic N) is 2. The summed E-state index contributed by atoms with van der Waals surface area (Å²) in [6.07, 6.45) is 71.7. The van der Waals surface area contributed by atoms with Crippen LogP contribution in [0.2, 0.25) is 0 Å². The van der Waals surface area contributed by atoms with Gasteiger partial charge in [0.2, 0.25) is 11.4 Å². The largest absolute Gasteiger partial charge is 0.493 e. The van der Waals surface area contributed by atoms with E-state index in [1.165, 1.54) is 298 Å². The summed E-state index contributed by atoms with van der Waals surface area (Å²) in [4.78, 5) is 0. The normalized spacial score (nSPS) is 13.0. The molecule has 2 nitrogen and oxygen atoms in total. The van der Waals surface area contributed by atoms with Crippen LogP contribution in [0.4, 0.5) is 0 Å². The van der Waals surface area contributed by atoms with Crippen molar-refractivity contribution in [3.05, 3.63) is 97.6 Å². The highest BCUT2D eigenvalue weighted by Gasteiger charge is 2.36. The summed E-state index contributed by atoms with van der Waals surface area (Å²) in [7, 11) is 0. The first-order chi connectivity index (χ1) is 38.9. The Labute approximate surface area is 494 Å².